The van der Waals surface area contributed by atoms with E-state index in [-0.39, 0.29) is 6.42 Å². The number of ether oxygens (including phenoxy) is 1. The Bertz CT molecular complexity index is 669. The van der Waals surface area contributed by atoms with E-state index in [9.17, 15) is 61.9 Å². The molecule has 0 heterocycles. The van der Waals surface area contributed by atoms with Gasteiger partial charge < -0.3 is 4.74 Å². The fourth-order valence-corrected chi connectivity index (χ4v) is 2.40. The quantitative estimate of drug-likeness (QED) is 0.103. The molecule has 33 heavy (non-hydrogen) atoms. The smallest absolute Gasteiger partial charge is 0.460 e. The average Bonchev–Trinajstić information content (AvgIpc) is 2.65. The van der Waals surface area contributed by atoms with Crippen molar-refractivity contribution >= 4 is 5.97 Å². The van der Waals surface area contributed by atoms with Gasteiger partial charge in [0.2, 0.25) is 0 Å². The summed E-state index contributed by atoms with van der Waals surface area (Å²) in [6.07, 6.45) is -6.15. The maximum absolute atomic E-state index is 13.7. The third-order valence-corrected chi connectivity index (χ3v) is 4.45. The highest BCUT2D eigenvalue weighted by Crippen LogP contribution is 2.60. The molecular formula is C18H21F13O2. The van der Waals surface area contributed by atoms with Crippen LogP contribution in [-0.4, -0.2) is 48.4 Å². The van der Waals surface area contributed by atoms with Gasteiger partial charge in [0.25, 0.3) is 0 Å². The van der Waals surface area contributed by atoms with Crippen LogP contribution in [0.2, 0.25) is 0 Å². The molecule has 0 amide bonds. The van der Waals surface area contributed by atoms with Crippen molar-refractivity contribution in [1.29, 1.82) is 0 Å². The molecule has 0 aromatic carbocycles. The molecule has 0 bridgehead atoms. The number of carbonyl (C=O) groups is 1. The van der Waals surface area contributed by atoms with Crippen LogP contribution in [0.4, 0.5) is 57.1 Å². The molecule has 0 saturated heterocycles. The van der Waals surface area contributed by atoms with Crippen LogP contribution in [0.5, 0.6) is 0 Å². The normalized spacial score (nSPS) is 14.4. The van der Waals surface area contributed by atoms with E-state index in [0.29, 0.717) is 12.8 Å². The van der Waals surface area contributed by atoms with Gasteiger partial charge in [0, 0.05) is 12.0 Å². The van der Waals surface area contributed by atoms with Crippen LogP contribution in [0.15, 0.2) is 12.2 Å². The lowest BCUT2D eigenvalue weighted by molar-refractivity contribution is -0.439. The first-order chi connectivity index (χ1) is 14.6. The molecule has 0 rings (SSSR count). The second kappa shape index (κ2) is 10.7. The molecule has 0 spiro atoms. The molecule has 0 atom stereocenters. The van der Waals surface area contributed by atoms with Crippen LogP contribution >= 0.6 is 0 Å². The lowest BCUT2D eigenvalue weighted by Gasteiger charge is -2.39. The van der Waals surface area contributed by atoms with Gasteiger partial charge in [-0.05, 0) is 6.42 Å². The minimum Gasteiger partial charge on any atom is -0.462 e. The van der Waals surface area contributed by atoms with Crippen LogP contribution < -0.4 is 0 Å². The summed E-state index contributed by atoms with van der Waals surface area (Å²) in [6.45, 7) is 4.09. The van der Waals surface area contributed by atoms with Gasteiger partial charge in [-0.3, -0.25) is 0 Å². The minimum absolute atomic E-state index is 0.201. The lowest BCUT2D eigenvalue weighted by Crippen LogP contribution is -2.70. The second-order valence-electron chi connectivity index (χ2n) is 7.18. The predicted octanol–water partition coefficient (Wildman–Crippen LogP) is 7.58. The zero-order valence-corrected chi connectivity index (χ0v) is 17.1. The molecular weight excluding hydrogens is 495 g/mol. The van der Waals surface area contributed by atoms with Crippen molar-refractivity contribution in [3.8, 4) is 0 Å². The number of hydrogen-bond donors (Lipinski definition) is 0. The summed E-state index contributed by atoms with van der Waals surface area (Å²) in [6, 6.07) is 0. The van der Waals surface area contributed by atoms with Crippen molar-refractivity contribution in [2.45, 2.75) is 87.7 Å². The molecule has 0 aromatic heterocycles. The Morgan fingerprint density at radius 3 is 1.55 bits per heavy atom. The molecule has 0 fully saturated rings. The van der Waals surface area contributed by atoms with Gasteiger partial charge in [0.1, 0.15) is 0 Å². The monoisotopic (exact) mass is 516 g/mol. The molecule has 196 valence electrons. The van der Waals surface area contributed by atoms with Gasteiger partial charge in [-0.15, -0.1) is 0 Å². The molecule has 0 aliphatic heterocycles. The van der Waals surface area contributed by atoms with Gasteiger partial charge >= 0.3 is 41.8 Å². The van der Waals surface area contributed by atoms with E-state index < -0.39 is 60.4 Å². The first kappa shape index (κ1) is 31.3. The van der Waals surface area contributed by atoms with Crippen LogP contribution in [0.1, 0.15) is 51.9 Å². The topological polar surface area (TPSA) is 26.3 Å². The van der Waals surface area contributed by atoms with Gasteiger partial charge in [0.05, 0.1) is 6.61 Å². The van der Waals surface area contributed by atoms with Crippen molar-refractivity contribution < 1.29 is 66.6 Å². The van der Waals surface area contributed by atoms with E-state index in [2.05, 4.69) is 11.3 Å². The maximum atomic E-state index is 13.7. The summed E-state index contributed by atoms with van der Waals surface area (Å²) in [5.41, 5.74) is -1.62. The van der Waals surface area contributed by atoms with E-state index in [1.54, 1.807) is 0 Å². The van der Waals surface area contributed by atoms with Crippen LogP contribution in [-0.2, 0) is 9.53 Å². The number of rotatable bonds is 14. The minimum atomic E-state index is -7.98. The zero-order valence-electron chi connectivity index (χ0n) is 17.1. The van der Waals surface area contributed by atoms with Crippen LogP contribution in [0, 0.1) is 0 Å². The van der Waals surface area contributed by atoms with E-state index in [4.69, 9.17) is 0 Å². The fraction of sp³-hybridized carbons (Fsp3) is 0.833. The standard InChI is InChI=1S/C18H21F13O2/c1-3-4-5-6-7-8-9-33-12(32)11(2)10-13(19,20)14(21,22)15(23,24)16(25,26)17(27,28)18(29,30)31/h2-10H2,1H3. The molecule has 2 nitrogen and oxygen atoms in total. The lowest BCUT2D eigenvalue weighted by atomic mass is 9.91. The first-order valence-corrected chi connectivity index (χ1v) is 9.42. The van der Waals surface area contributed by atoms with Crippen molar-refractivity contribution in [1.82, 2.24) is 0 Å². The van der Waals surface area contributed by atoms with Gasteiger partial charge in [-0.25, -0.2) is 4.79 Å². The number of carbonyl (C=O) groups excluding carboxylic acids is 1. The van der Waals surface area contributed by atoms with E-state index in [1.165, 1.54) is 0 Å². The average molecular weight is 516 g/mol. The Hall–Kier alpha value is -1.70. The van der Waals surface area contributed by atoms with Crippen LogP contribution in [0.3, 0.4) is 0 Å². The molecule has 0 radical (unpaired) electrons. The number of esters is 1. The number of unbranched alkanes of at least 4 members (excludes halogenated alkanes) is 5. The van der Waals surface area contributed by atoms with Crippen molar-refractivity contribution in [3.05, 3.63) is 12.2 Å². The Kier molecular flexibility index (Phi) is 10.2. The number of halogens is 13. The van der Waals surface area contributed by atoms with Crippen molar-refractivity contribution in [2.24, 2.45) is 0 Å². The third kappa shape index (κ3) is 6.46. The predicted molar refractivity (Wildman–Crippen MR) is 88.9 cm³/mol. The van der Waals surface area contributed by atoms with Gasteiger partial charge in [-0.2, -0.15) is 57.1 Å². The highest BCUT2D eigenvalue weighted by atomic mass is 19.4. The Morgan fingerprint density at radius 1 is 0.667 bits per heavy atom. The number of hydrogen-bond acceptors (Lipinski definition) is 2. The van der Waals surface area contributed by atoms with Crippen LogP contribution in [0.25, 0.3) is 0 Å². The summed E-state index contributed by atoms with van der Waals surface area (Å²) >= 11 is 0. The van der Waals surface area contributed by atoms with Gasteiger partial charge in [-0.1, -0.05) is 45.6 Å². The molecule has 0 unspecified atom stereocenters. The van der Waals surface area contributed by atoms with E-state index in [1.807, 2.05) is 6.92 Å². The molecule has 0 aliphatic carbocycles. The van der Waals surface area contributed by atoms with Crippen molar-refractivity contribution in [2.75, 3.05) is 6.61 Å². The molecule has 0 aliphatic rings. The zero-order chi connectivity index (χ0) is 26.5. The third-order valence-electron chi connectivity index (χ3n) is 4.45. The summed E-state index contributed by atoms with van der Waals surface area (Å²) in [7, 11) is 0. The second-order valence-corrected chi connectivity index (χ2v) is 7.18. The fourth-order valence-electron chi connectivity index (χ4n) is 2.40. The largest absolute Gasteiger partial charge is 0.462 e. The SMILES string of the molecule is C=C(CC(F)(F)C(F)(F)C(F)(F)C(F)(F)C(F)(F)C(F)(F)F)C(=O)OCCCCCCCC. The summed E-state index contributed by atoms with van der Waals surface area (Å²) < 4.78 is 174. The van der Waals surface area contributed by atoms with Gasteiger partial charge in [0.15, 0.2) is 0 Å². The Morgan fingerprint density at radius 2 is 1.09 bits per heavy atom. The van der Waals surface area contributed by atoms with E-state index in [0.717, 1.165) is 19.3 Å². The molecule has 15 heteroatoms. The number of alkyl halides is 13. The Balaban J connectivity index is 5.38. The molecule has 0 N–H and O–H groups in total. The highest BCUT2D eigenvalue weighted by molar-refractivity contribution is 5.87. The van der Waals surface area contributed by atoms with Crippen molar-refractivity contribution in [3.63, 3.8) is 0 Å². The Labute approximate surface area is 180 Å². The summed E-state index contributed by atoms with van der Waals surface area (Å²) in [5.74, 6) is -39.3. The van der Waals surface area contributed by atoms with E-state index >= 15 is 0 Å². The maximum Gasteiger partial charge on any atom is 0.460 e. The molecule has 0 aromatic rings. The summed E-state index contributed by atoms with van der Waals surface area (Å²) in [5, 5.41) is 0. The first-order valence-electron chi connectivity index (χ1n) is 9.42. The highest BCUT2D eigenvalue weighted by Gasteiger charge is 2.90. The molecule has 0 saturated carbocycles. The summed E-state index contributed by atoms with van der Waals surface area (Å²) in [4.78, 5) is 11.5.